The molecule has 3 rings (SSSR count). The fourth-order valence-corrected chi connectivity index (χ4v) is 6.62. The van der Waals surface area contributed by atoms with E-state index in [0.29, 0.717) is 0 Å². The Hall–Kier alpha value is -1.15. The molecule has 1 aliphatic carbocycles. The van der Waals surface area contributed by atoms with Crippen LogP contribution in [0.4, 0.5) is 15.0 Å². The van der Waals surface area contributed by atoms with Gasteiger partial charge in [0, 0.05) is 18.0 Å². The number of thioether (sulfide) groups is 2. The van der Waals surface area contributed by atoms with Gasteiger partial charge in [-0.15, -0.1) is 11.8 Å². The zero-order valence-corrected chi connectivity index (χ0v) is 20.3. The minimum Gasteiger partial charge on any atom is -0.389 e. The molecule has 2 aliphatic rings. The Morgan fingerprint density at radius 2 is 2.12 bits per heavy atom. The highest BCUT2D eigenvalue weighted by molar-refractivity contribution is 8.13. The molecule has 2 heterocycles. The molecule has 186 valence electrons. The summed E-state index contributed by atoms with van der Waals surface area (Å²) in [6.45, 7) is -0.694. The normalized spacial score (nSPS) is 27.8. The molecule has 33 heavy (non-hydrogen) atoms. The number of nitrogens with two attached hydrogens (primary N) is 1. The van der Waals surface area contributed by atoms with E-state index in [0.717, 1.165) is 53.8 Å². The molecule has 0 radical (unpaired) electrons. The largest absolute Gasteiger partial charge is 0.472 e. The van der Waals surface area contributed by atoms with Crippen molar-refractivity contribution in [1.29, 1.82) is 0 Å². The number of hydrogen-bond donors (Lipinski definition) is 4. The Balaban J connectivity index is 1.40. The lowest BCUT2D eigenvalue weighted by Gasteiger charge is -2.22. The highest BCUT2D eigenvalue weighted by Crippen LogP contribution is 2.48. The molecular formula is C18H28FN4O7PS2. The van der Waals surface area contributed by atoms with E-state index in [9.17, 15) is 28.5 Å². The topological polar surface area (TPSA) is 166 Å². The van der Waals surface area contributed by atoms with E-state index in [1.165, 1.54) is 18.7 Å². The fourth-order valence-electron chi connectivity index (χ4n) is 3.63. The number of nitrogen functional groups attached to an aromatic ring is 1. The number of phosphoric acid groups is 1. The van der Waals surface area contributed by atoms with Gasteiger partial charge >= 0.3 is 13.5 Å². The Kier molecular flexibility index (Phi) is 9.62. The van der Waals surface area contributed by atoms with Crippen molar-refractivity contribution in [3.63, 3.8) is 0 Å². The van der Waals surface area contributed by atoms with Crippen LogP contribution in [-0.2, 0) is 13.6 Å². The molecule has 1 unspecified atom stereocenters. The predicted molar refractivity (Wildman–Crippen MR) is 124 cm³/mol. The fraction of sp³-hybridized carbons (Fsp3) is 0.722. The summed E-state index contributed by atoms with van der Waals surface area (Å²) in [4.78, 5) is 37.3. The van der Waals surface area contributed by atoms with E-state index in [4.69, 9.17) is 14.8 Å². The number of aliphatic hydroxyl groups excluding tert-OH is 1. The van der Waals surface area contributed by atoms with Crippen molar-refractivity contribution in [3.8, 4) is 0 Å². The van der Waals surface area contributed by atoms with Crippen molar-refractivity contribution in [1.82, 2.24) is 14.9 Å². The van der Waals surface area contributed by atoms with Crippen LogP contribution in [0.25, 0.3) is 0 Å². The average molecular weight is 527 g/mol. The third kappa shape index (κ3) is 7.67. The first-order valence-electron chi connectivity index (χ1n) is 10.5. The Morgan fingerprint density at radius 3 is 2.82 bits per heavy atom. The van der Waals surface area contributed by atoms with Crippen molar-refractivity contribution in [2.75, 3.05) is 24.7 Å². The second-order valence-electron chi connectivity index (χ2n) is 7.76. The number of nitrogens with one attached hydrogen (secondary N) is 1. The van der Waals surface area contributed by atoms with Crippen LogP contribution in [0.5, 0.6) is 0 Å². The quantitative estimate of drug-likeness (QED) is 0.275. The van der Waals surface area contributed by atoms with E-state index in [2.05, 4.69) is 10.3 Å². The number of carbonyl (C=O) groups excluding carboxylic acids is 1. The van der Waals surface area contributed by atoms with Crippen molar-refractivity contribution in [2.24, 2.45) is 0 Å². The van der Waals surface area contributed by atoms with Crippen molar-refractivity contribution < 1.29 is 32.8 Å². The van der Waals surface area contributed by atoms with Crippen LogP contribution in [0.3, 0.4) is 0 Å². The van der Waals surface area contributed by atoms with Gasteiger partial charge in [0.15, 0.2) is 6.17 Å². The van der Waals surface area contributed by atoms with Crippen LogP contribution < -0.4 is 16.7 Å². The van der Waals surface area contributed by atoms with Gasteiger partial charge < -0.3 is 21.1 Å². The third-order valence-corrected chi connectivity index (χ3v) is 8.59. The number of nitrogens with zero attached hydrogens (tertiary/aromatic N) is 2. The Morgan fingerprint density at radius 1 is 1.39 bits per heavy atom. The molecule has 2 fully saturated rings. The van der Waals surface area contributed by atoms with Gasteiger partial charge in [0.25, 0.3) is 5.24 Å². The van der Waals surface area contributed by atoms with Gasteiger partial charge in [0.1, 0.15) is 17.3 Å². The number of rotatable bonds is 9. The van der Waals surface area contributed by atoms with E-state index in [-0.39, 0.29) is 29.5 Å². The summed E-state index contributed by atoms with van der Waals surface area (Å²) >= 11 is 1.83. The lowest BCUT2D eigenvalue weighted by Crippen LogP contribution is -2.34. The van der Waals surface area contributed by atoms with Gasteiger partial charge in [-0.3, -0.25) is 18.4 Å². The summed E-state index contributed by atoms with van der Waals surface area (Å²) in [5.41, 5.74) is 4.66. The molecule has 1 aromatic rings. The number of halogens is 1. The van der Waals surface area contributed by atoms with E-state index in [1.807, 2.05) is 0 Å². The van der Waals surface area contributed by atoms with Gasteiger partial charge in [0.2, 0.25) is 0 Å². The van der Waals surface area contributed by atoms with Gasteiger partial charge in [0.05, 0.1) is 18.5 Å². The molecule has 11 nitrogen and oxygen atoms in total. The standard InChI is InChI=1S/C18H28FN4O7PS2/c19-14-15(24)12(33-16(14)23-7-6-13(20)22-17(23)25)10-30-31(27,28)29-8-9-32-18(26)21-11-4-2-1-3-5-11/h6-7,11-12,14-16,24H,1-5,8-10H2,(H,21,26)(H,27,28)(H2,20,22,25)/t12-,14+,15-,16-/m1/s1. The first-order valence-corrected chi connectivity index (χ1v) is 14.0. The number of alkyl halides is 1. The summed E-state index contributed by atoms with van der Waals surface area (Å²) in [5.74, 6) is 0.132. The molecule has 1 saturated carbocycles. The number of aliphatic hydroxyl groups is 1. The lowest BCUT2D eigenvalue weighted by atomic mass is 9.96. The Bertz CT molecular complexity index is 920. The summed E-state index contributed by atoms with van der Waals surface area (Å²) in [6.07, 6.45) is 3.18. The van der Waals surface area contributed by atoms with Crippen LogP contribution in [0.1, 0.15) is 37.5 Å². The zero-order valence-electron chi connectivity index (χ0n) is 17.7. The number of aromatic nitrogens is 2. The highest BCUT2D eigenvalue weighted by atomic mass is 32.2. The van der Waals surface area contributed by atoms with Crippen LogP contribution in [0, 0.1) is 0 Å². The number of amides is 1. The molecule has 15 heteroatoms. The average Bonchev–Trinajstić information content (AvgIpc) is 3.05. The molecule has 1 aromatic heterocycles. The van der Waals surface area contributed by atoms with Gasteiger partial charge in [-0.2, -0.15) is 4.98 Å². The summed E-state index contributed by atoms with van der Waals surface area (Å²) < 4.78 is 37.4. The van der Waals surface area contributed by atoms with Crippen LogP contribution in [0.2, 0.25) is 0 Å². The molecule has 1 saturated heterocycles. The van der Waals surface area contributed by atoms with E-state index >= 15 is 0 Å². The summed E-state index contributed by atoms with van der Waals surface area (Å²) in [5, 5.41) is 10.8. The molecular weight excluding hydrogens is 498 g/mol. The molecule has 1 amide bonds. The Labute approximate surface area is 198 Å². The van der Waals surface area contributed by atoms with Crippen molar-refractivity contribution >= 4 is 42.4 Å². The first kappa shape index (κ1) is 26.5. The second kappa shape index (κ2) is 12.0. The van der Waals surface area contributed by atoms with Crippen LogP contribution in [0.15, 0.2) is 17.1 Å². The molecule has 5 atom stereocenters. The van der Waals surface area contributed by atoms with Crippen molar-refractivity contribution in [3.05, 3.63) is 22.7 Å². The van der Waals surface area contributed by atoms with Crippen LogP contribution in [-0.4, -0.2) is 67.3 Å². The van der Waals surface area contributed by atoms with Crippen molar-refractivity contribution in [2.45, 2.75) is 61.0 Å². The molecule has 0 bridgehead atoms. The van der Waals surface area contributed by atoms with E-state index < -0.39 is 43.0 Å². The van der Waals surface area contributed by atoms with E-state index in [1.54, 1.807) is 0 Å². The highest BCUT2D eigenvalue weighted by Gasteiger charge is 2.46. The lowest BCUT2D eigenvalue weighted by molar-refractivity contribution is 0.0595. The maximum Gasteiger partial charge on any atom is 0.472 e. The van der Waals surface area contributed by atoms with Gasteiger partial charge in [-0.1, -0.05) is 31.0 Å². The zero-order chi connectivity index (χ0) is 24.0. The maximum atomic E-state index is 14.6. The monoisotopic (exact) mass is 526 g/mol. The second-order valence-corrected chi connectivity index (χ2v) is 11.6. The number of hydrogen-bond acceptors (Lipinski definition) is 10. The molecule has 0 spiro atoms. The SMILES string of the molecule is Nc1ccn([C@@H]2S[C@H](COP(=O)(O)OCCSC(=O)NC3CCCCC3)[C@@H](O)[C@@H]2F)c(=O)n1. The smallest absolute Gasteiger partial charge is 0.389 e. The summed E-state index contributed by atoms with van der Waals surface area (Å²) in [7, 11) is -4.48. The minimum absolute atomic E-state index is 0.0157. The molecule has 5 N–H and O–H groups in total. The third-order valence-electron chi connectivity index (χ3n) is 5.32. The van der Waals surface area contributed by atoms with Gasteiger partial charge in [-0.25, -0.2) is 13.8 Å². The number of phosphoric ester groups is 1. The molecule has 0 aromatic carbocycles. The minimum atomic E-state index is -4.48. The van der Waals surface area contributed by atoms with Gasteiger partial charge in [-0.05, 0) is 18.9 Å². The maximum absolute atomic E-state index is 14.6. The number of carbonyl (C=O) groups is 1. The number of anilines is 1. The summed E-state index contributed by atoms with van der Waals surface area (Å²) in [6, 6.07) is 1.50. The first-order chi connectivity index (χ1) is 15.7. The predicted octanol–water partition coefficient (Wildman–Crippen LogP) is 2.05. The molecule has 1 aliphatic heterocycles. The van der Waals surface area contributed by atoms with Crippen LogP contribution >= 0.6 is 31.3 Å².